The van der Waals surface area contributed by atoms with E-state index in [1.807, 2.05) is 0 Å². The topological polar surface area (TPSA) is 21.3 Å². The molecule has 0 saturated heterocycles. The Morgan fingerprint density at radius 1 is 1.35 bits per heavy atom. The molecule has 17 heavy (non-hydrogen) atoms. The van der Waals surface area contributed by atoms with E-state index in [1.165, 1.54) is 11.1 Å². The van der Waals surface area contributed by atoms with Crippen molar-refractivity contribution in [3.05, 3.63) is 29.3 Å². The van der Waals surface area contributed by atoms with Crippen molar-refractivity contribution in [3.63, 3.8) is 0 Å². The smallest absolute Gasteiger partial charge is 0.122 e. The zero-order valence-corrected chi connectivity index (χ0v) is 12.1. The van der Waals surface area contributed by atoms with Crippen molar-refractivity contribution in [1.82, 2.24) is 5.32 Å². The highest BCUT2D eigenvalue weighted by molar-refractivity contribution is 7.80. The lowest BCUT2D eigenvalue weighted by molar-refractivity contribution is 0.388. The van der Waals surface area contributed by atoms with Crippen molar-refractivity contribution in [1.29, 1.82) is 0 Å². The number of aryl methyl sites for hydroxylation is 1. The van der Waals surface area contributed by atoms with E-state index in [0.29, 0.717) is 5.88 Å². The third-order valence-electron chi connectivity index (χ3n) is 3.08. The first-order valence-corrected chi connectivity index (χ1v) is 6.67. The number of methoxy groups -OCH3 is 1. The normalized spacial score (nSPS) is 11.6. The van der Waals surface area contributed by atoms with E-state index in [9.17, 15) is 0 Å². The van der Waals surface area contributed by atoms with Crippen LogP contribution in [0.1, 0.15) is 31.9 Å². The molecule has 0 aliphatic carbocycles. The van der Waals surface area contributed by atoms with Gasteiger partial charge in [-0.25, -0.2) is 0 Å². The summed E-state index contributed by atoms with van der Waals surface area (Å²) in [6, 6.07) is 6.44. The number of hydrogen-bond donors (Lipinski definition) is 2. The van der Waals surface area contributed by atoms with Crippen LogP contribution in [0.4, 0.5) is 0 Å². The summed E-state index contributed by atoms with van der Waals surface area (Å²) in [7, 11) is 1.73. The second kappa shape index (κ2) is 6.31. The molecule has 3 heteroatoms. The molecule has 2 nitrogen and oxygen atoms in total. The van der Waals surface area contributed by atoms with Crippen LogP contribution >= 0.6 is 12.6 Å². The molecule has 0 aromatic heterocycles. The Labute approximate surface area is 110 Å². The van der Waals surface area contributed by atoms with E-state index in [1.54, 1.807) is 7.11 Å². The molecule has 0 atom stereocenters. The number of benzene rings is 1. The molecule has 0 heterocycles. The molecule has 0 fully saturated rings. The second-order valence-electron chi connectivity index (χ2n) is 4.86. The average molecular weight is 253 g/mol. The van der Waals surface area contributed by atoms with Gasteiger partial charge in [-0.05, 0) is 18.1 Å². The SMILES string of the molecule is CCc1ccc(OC)c(C(C)(C)CNCS)c1. The Morgan fingerprint density at radius 2 is 2.06 bits per heavy atom. The fourth-order valence-corrected chi connectivity index (χ4v) is 2.08. The van der Waals surface area contributed by atoms with E-state index in [0.717, 1.165) is 18.7 Å². The first-order valence-electron chi connectivity index (χ1n) is 6.04. The largest absolute Gasteiger partial charge is 0.496 e. The van der Waals surface area contributed by atoms with Gasteiger partial charge >= 0.3 is 0 Å². The molecule has 1 aromatic rings. The predicted molar refractivity (Wildman–Crippen MR) is 77.3 cm³/mol. The molecule has 96 valence electrons. The molecule has 0 amide bonds. The summed E-state index contributed by atoms with van der Waals surface area (Å²) >= 11 is 4.19. The summed E-state index contributed by atoms with van der Waals surface area (Å²) in [4.78, 5) is 0. The van der Waals surface area contributed by atoms with Crippen LogP contribution in [0.2, 0.25) is 0 Å². The Morgan fingerprint density at radius 3 is 2.59 bits per heavy atom. The van der Waals surface area contributed by atoms with Crippen LogP contribution in [0.25, 0.3) is 0 Å². The number of nitrogens with one attached hydrogen (secondary N) is 1. The Kier molecular flexibility index (Phi) is 5.34. The lowest BCUT2D eigenvalue weighted by Gasteiger charge is -2.28. The maximum absolute atomic E-state index is 5.46. The van der Waals surface area contributed by atoms with Gasteiger partial charge in [0.25, 0.3) is 0 Å². The lowest BCUT2D eigenvalue weighted by atomic mass is 9.83. The molecule has 0 aliphatic heterocycles. The van der Waals surface area contributed by atoms with Gasteiger partial charge in [-0.2, -0.15) is 12.6 Å². The van der Waals surface area contributed by atoms with E-state index >= 15 is 0 Å². The highest BCUT2D eigenvalue weighted by Gasteiger charge is 2.24. The summed E-state index contributed by atoms with van der Waals surface area (Å²) in [5.41, 5.74) is 2.65. The van der Waals surface area contributed by atoms with E-state index in [2.05, 4.69) is 56.9 Å². The van der Waals surface area contributed by atoms with Crippen LogP contribution in [0.5, 0.6) is 5.75 Å². The molecule has 0 radical (unpaired) electrons. The molecule has 0 bridgehead atoms. The molecule has 1 aromatic carbocycles. The number of rotatable bonds is 6. The summed E-state index contributed by atoms with van der Waals surface area (Å²) < 4.78 is 5.46. The van der Waals surface area contributed by atoms with Crippen LogP contribution in [-0.2, 0) is 11.8 Å². The molecule has 0 saturated carbocycles. The summed E-state index contributed by atoms with van der Waals surface area (Å²) in [5.74, 6) is 1.66. The zero-order chi connectivity index (χ0) is 12.9. The van der Waals surface area contributed by atoms with Gasteiger partial charge in [0.1, 0.15) is 5.75 Å². The third-order valence-corrected chi connectivity index (χ3v) is 3.30. The van der Waals surface area contributed by atoms with Gasteiger partial charge < -0.3 is 10.1 Å². The van der Waals surface area contributed by atoms with Crippen LogP contribution in [0.3, 0.4) is 0 Å². The summed E-state index contributed by atoms with van der Waals surface area (Å²) in [6.45, 7) is 7.51. The van der Waals surface area contributed by atoms with E-state index < -0.39 is 0 Å². The standard InChI is InChI=1S/C14H23NOS/c1-5-11-6-7-13(16-4)12(8-11)14(2,3)9-15-10-17/h6-8,15,17H,5,9-10H2,1-4H3. The van der Waals surface area contributed by atoms with Crippen molar-refractivity contribution in [2.24, 2.45) is 0 Å². The molecular formula is C14H23NOS. The van der Waals surface area contributed by atoms with Crippen LogP contribution < -0.4 is 10.1 Å². The fourth-order valence-electron chi connectivity index (χ4n) is 1.97. The number of thiol groups is 1. The highest BCUT2D eigenvalue weighted by Crippen LogP contribution is 2.32. The molecule has 0 aliphatic rings. The molecule has 1 N–H and O–H groups in total. The zero-order valence-electron chi connectivity index (χ0n) is 11.2. The Hall–Kier alpha value is -0.670. The molecule has 0 spiro atoms. The van der Waals surface area contributed by atoms with E-state index in [4.69, 9.17) is 4.74 Å². The van der Waals surface area contributed by atoms with Crippen molar-refractivity contribution < 1.29 is 4.74 Å². The van der Waals surface area contributed by atoms with Gasteiger partial charge in [0.15, 0.2) is 0 Å². The summed E-state index contributed by atoms with van der Waals surface area (Å²) in [6.07, 6.45) is 1.05. The highest BCUT2D eigenvalue weighted by atomic mass is 32.1. The fraction of sp³-hybridized carbons (Fsp3) is 0.571. The van der Waals surface area contributed by atoms with Gasteiger partial charge in [-0.15, -0.1) is 0 Å². The first kappa shape index (κ1) is 14.4. The predicted octanol–water partition coefficient (Wildman–Crippen LogP) is 3.01. The van der Waals surface area contributed by atoms with Gasteiger partial charge in [-0.3, -0.25) is 0 Å². The quantitative estimate of drug-likeness (QED) is 0.601. The van der Waals surface area contributed by atoms with Gasteiger partial charge in [-0.1, -0.05) is 32.9 Å². The Balaban J connectivity index is 3.07. The van der Waals surface area contributed by atoms with Gasteiger partial charge in [0, 0.05) is 23.4 Å². The molecule has 1 rings (SSSR count). The Bertz CT molecular complexity index is 363. The number of ether oxygens (including phenoxy) is 1. The monoisotopic (exact) mass is 253 g/mol. The number of hydrogen-bond acceptors (Lipinski definition) is 3. The molecule has 0 unspecified atom stereocenters. The minimum atomic E-state index is 0.0409. The van der Waals surface area contributed by atoms with Gasteiger partial charge in [0.2, 0.25) is 0 Å². The maximum Gasteiger partial charge on any atom is 0.122 e. The van der Waals surface area contributed by atoms with Gasteiger partial charge in [0.05, 0.1) is 7.11 Å². The first-order chi connectivity index (χ1) is 8.05. The van der Waals surface area contributed by atoms with E-state index in [-0.39, 0.29) is 5.41 Å². The molecular weight excluding hydrogens is 230 g/mol. The third kappa shape index (κ3) is 3.65. The van der Waals surface area contributed by atoms with Crippen molar-refractivity contribution >= 4 is 12.6 Å². The maximum atomic E-state index is 5.46. The van der Waals surface area contributed by atoms with Crippen molar-refractivity contribution in [2.45, 2.75) is 32.6 Å². The van der Waals surface area contributed by atoms with Crippen LogP contribution in [0, 0.1) is 0 Å². The van der Waals surface area contributed by atoms with Crippen LogP contribution in [0.15, 0.2) is 18.2 Å². The summed E-state index contributed by atoms with van der Waals surface area (Å²) in [5, 5.41) is 3.28. The second-order valence-corrected chi connectivity index (χ2v) is 5.17. The lowest BCUT2D eigenvalue weighted by Crippen LogP contribution is -2.32. The van der Waals surface area contributed by atoms with Crippen LogP contribution in [-0.4, -0.2) is 19.5 Å². The minimum Gasteiger partial charge on any atom is -0.496 e. The average Bonchev–Trinajstić information content (AvgIpc) is 2.35. The van der Waals surface area contributed by atoms with Crippen molar-refractivity contribution in [3.8, 4) is 5.75 Å². The minimum absolute atomic E-state index is 0.0409. The van der Waals surface area contributed by atoms with Crippen molar-refractivity contribution in [2.75, 3.05) is 19.5 Å².